The standard InChI is InChI=1S/C13H17N3O2S2/c1-3-5-9(2)14-11(17)8-20-13-16-15-12(18-13)10-6-4-7-19-10/h4,6-7,9H,3,5,8H2,1-2H3,(H,14,17). The second-order valence-electron chi connectivity index (χ2n) is 4.40. The molecule has 0 aromatic carbocycles. The quantitative estimate of drug-likeness (QED) is 0.795. The number of nitrogens with one attached hydrogen (secondary N) is 1. The molecule has 1 N–H and O–H groups in total. The van der Waals surface area contributed by atoms with Crippen LogP contribution in [0.5, 0.6) is 0 Å². The molecule has 1 amide bonds. The number of rotatable bonds is 7. The van der Waals surface area contributed by atoms with Gasteiger partial charge in [-0.1, -0.05) is 31.2 Å². The number of carbonyl (C=O) groups excluding carboxylic acids is 1. The molecule has 2 heterocycles. The molecule has 0 bridgehead atoms. The fourth-order valence-corrected chi connectivity index (χ4v) is 2.94. The predicted molar refractivity (Wildman–Crippen MR) is 80.8 cm³/mol. The van der Waals surface area contributed by atoms with Gasteiger partial charge in [-0.05, 0) is 24.8 Å². The summed E-state index contributed by atoms with van der Waals surface area (Å²) in [5.41, 5.74) is 0. The van der Waals surface area contributed by atoms with Gasteiger partial charge in [0, 0.05) is 6.04 Å². The number of hydrogen-bond donors (Lipinski definition) is 1. The molecule has 2 aromatic heterocycles. The molecule has 2 rings (SSSR count). The first-order valence-corrected chi connectivity index (χ1v) is 8.35. The highest BCUT2D eigenvalue weighted by Gasteiger charge is 2.12. The van der Waals surface area contributed by atoms with E-state index < -0.39 is 0 Å². The SMILES string of the molecule is CCCC(C)NC(=O)CSc1nnc(-c2cccs2)o1. The van der Waals surface area contributed by atoms with E-state index in [4.69, 9.17) is 4.42 Å². The molecule has 2 aromatic rings. The molecule has 5 nitrogen and oxygen atoms in total. The van der Waals surface area contributed by atoms with E-state index in [0.717, 1.165) is 17.7 Å². The molecule has 1 atom stereocenters. The highest BCUT2D eigenvalue weighted by atomic mass is 32.2. The number of amides is 1. The molecule has 1 unspecified atom stereocenters. The van der Waals surface area contributed by atoms with E-state index in [2.05, 4.69) is 22.4 Å². The van der Waals surface area contributed by atoms with Crippen LogP contribution in [0.4, 0.5) is 0 Å². The number of aromatic nitrogens is 2. The van der Waals surface area contributed by atoms with E-state index in [1.807, 2.05) is 24.4 Å². The van der Waals surface area contributed by atoms with Crippen molar-refractivity contribution in [3.8, 4) is 10.8 Å². The Morgan fingerprint density at radius 1 is 1.55 bits per heavy atom. The average Bonchev–Trinajstić information content (AvgIpc) is 3.07. The fraction of sp³-hybridized carbons (Fsp3) is 0.462. The summed E-state index contributed by atoms with van der Waals surface area (Å²) in [5, 5.41) is 13.2. The summed E-state index contributed by atoms with van der Waals surface area (Å²) in [4.78, 5) is 12.7. The number of thioether (sulfide) groups is 1. The molecule has 0 radical (unpaired) electrons. The highest BCUT2D eigenvalue weighted by Crippen LogP contribution is 2.26. The Kier molecular flexibility index (Phi) is 5.60. The monoisotopic (exact) mass is 311 g/mol. The van der Waals surface area contributed by atoms with Crippen molar-refractivity contribution in [3.05, 3.63) is 17.5 Å². The molecule has 108 valence electrons. The lowest BCUT2D eigenvalue weighted by molar-refractivity contribution is -0.119. The normalized spacial score (nSPS) is 12.3. The molecule has 0 aliphatic rings. The first-order valence-electron chi connectivity index (χ1n) is 6.48. The summed E-state index contributed by atoms with van der Waals surface area (Å²) >= 11 is 2.80. The van der Waals surface area contributed by atoms with Gasteiger partial charge in [-0.25, -0.2) is 0 Å². The molecule has 0 saturated carbocycles. The minimum Gasteiger partial charge on any atom is -0.410 e. The fourth-order valence-electron chi connectivity index (χ4n) is 1.72. The number of nitrogens with zero attached hydrogens (tertiary/aromatic N) is 2. The second kappa shape index (κ2) is 7.44. The van der Waals surface area contributed by atoms with Crippen molar-refractivity contribution in [2.75, 3.05) is 5.75 Å². The lowest BCUT2D eigenvalue weighted by atomic mass is 10.2. The van der Waals surface area contributed by atoms with Crippen LogP contribution in [-0.4, -0.2) is 27.9 Å². The first kappa shape index (κ1) is 15.1. The lowest BCUT2D eigenvalue weighted by Crippen LogP contribution is -2.33. The summed E-state index contributed by atoms with van der Waals surface area (Å²) in [5.74, 6) is 0.786. The zero-order valence-electron chi connectivity index (χ0n) is 11.5. The van der Waals surface area contributed by atoms with E-state index in [1.54, 1.807) is 11.3 Å². The minimum absolute atomic E-state index is 0.00757. The molecule has 0 aliphatic heterocycles. The smallest absolute Gasteiger partial charge is 0.277 e. The van der Waals surface area contributed by atoms with Crippen LogP contribution >= 0.6 is 23.1 Å². The van der Waals surface area contributed by atoms with E-state index in [-0.39, 0.29) is 11.9 Å². The zero-order chi connectivity index (χ0) is 14.4. The maximum Gasteiger partial charge on any atom is 0.277 e. The molecule has 0 fully saturated rings. The van der Waals surface area contributed by atoms with Gasteiger partial charge in [-0.2, -0.15) is 0 Å². The van der Waals surface area contributed by atoms with Crippen LogP contribution in [0.1, 0.15) is 26.7 Å². The molecule has 0 spiro atoms. The highest BCUT2D eigenvalue weighted by molar-refractivity contribution is 7.99. The minimum atomic E-state index is -0.00757. The van der Waals surface area contributed by atoms with Gasteiger partial charge in [-0.3, -0.25) is 4.79 Å². The average molecular weight is 311 g/mol. The second-order valence-corrected chi connectivity index (χ2v) is 6.27. The number of hydrogen-bond acceptors (Lipinski definition) is 6. The Morgan fingerprint density at radius 3 is 3.10 bits per heavy atom. The Bertz CT molecular complexity index is 540. The van der Waals surface area contributed by atoms with Gasteiger partial charge in [0.25, 0.3) is 11.1 Å². The number of thiophene rings is 1. The van der Waals surface area contributed by atoms with Gasteiger partial charge in [0.15, 0.2) is 0 Å². The third-order valence-electron chi connectivity index (χ3n) is 2.59. The Balaban J connectivity index is 1.81. The number of carbonyl (C=O) groups is 1. The van der Waals surface area contributed by atoms with Crippen LogP contribution in [0.3, 0.4) is 0 Å². The zero-order valence-corrected chi connectivity index (χ0v) is 13.1. The molecular formula is C13H17N3O2S2. The predicted octanol–water partition coefficient (Wildman–Crippen LogP) is 3.20. The van der Waals surface area contributed by atoms with Crippen molar-refractivity contribution < 1.29 is 9.21 Å². The van der Waals surface area contributed by atoms with Crippen molar-refractivity contribution in [2.45, 2.75) is 38.0 Å². The van der Waals surface area contributed by atoms with Gasteiger partial charge < -0.3 is 9.73 Å². The van der Waals surface area contributed by atoms with E-state index in [0.29, 0.717) is 16.9 Å². The molecule has 20 heavy (non-hydrogen) atoms. The topological polar surface area (TPSA) is 68.0 Å². The summed E-state index contributed by atoms with van der Waals surface area (Å²) < 4.78 is 5.50. The van der Waals surface area contributed by atoms with Gasteiger partial charge in [-0.15, -0.1) is 21.5 Å². The lowest BCUT2D eigenvalue weighted by Gasteiger charge is -2.11. The van der Waals surface area contributed by atoms with Gasteiger partial charge in [0.2, 0.25) is 5.91 Å². The maximum absolute atomic E-state index is 11.7. The summed E-state index contributed by atoms with van der Waals surface area (Å²) in [6.07, 6.45) is 2.04. The van der Waals surface area contributed by atoms with Crippen molar-refractivity contribution in [1.82, 2.24) is 15.5 Å². The van der Waals surface area contributed by atoms with E-state index >= 15 is 0 Å². The van der Waals surface area contributed by atoms with Crippen molar-refractivity contribution in [3.63, 3.8) is 0 Å². The maximum atomic E-state index is 11.7. The van der Waals surface area contributed by atoms with E-state index in [1.165, 1.54) is 11.8 Å². The van der Waals surface area contributed by atoms with Crippen LogP contribution in [0, 0.1) is 0 Å². The van der Waals surface area contributed by atoms with Crippen LogP contribution in [0.15, 0.2) is 27.2 Å². The third kappa shape index (κ3) is 4.35. The Hall–Kier alpha value is -1.34. The van der Waals surface area contributed by atoms with Crippen molar-refractivity contribution in [1.29, 1.82) is 0 Å². The van der Waals surface area contributed by atoms with Crippen LogP contribution < -0.4 is 5.32 Å². The van der Waals surface area contributed by atoms with Crippen LogP contribution in [-0.2, 0) is 4.79 Å². The molecular weight excluding hydrogens is 294 g/mol. The summed E-state index contributed by atoms with van der Waals surface area (Å²) in [6, 6.07) is 4.06. The van der Waals surface area contributed by atoms with E-state index in [9.17, 15) is 4.79 Å². The Morgan fingerprint density at radius 2 is 2.40 bits per heavy atom. The summed E-state index contributed by atoms with van der Waals surface area (Å²) in [7, 11) is 0. The van der Waals surface area contributed by atoms with Gasteiger partial charge >= 0.3 is 0 Å². The van der Waals surface area contributed by atoms with Gasteiger partial charge in [0.1, 0.15) is 0 Å². The van der Waals surface area contributed by atoms with Crippen LogP contribution in [0.2, 0.25) is 0 Å². The Labute approximate surface area is 126 Å². The van der Waals surface area contributed by atoms with Gasteiger partial charge in [0.05, 0.1) is 10.6 Å². The van der Waals surface area contributed by atoms with Crippen molar-refractivity contribution >= 4 is 29.0 Å². The third-order valence-corrected chi connectivity index (χ3v) is 4.27. The molecule has 7 heteroatoms. The van der Waals surface area contributed by atoms with Crippen LogP contribution in [0.25, 0.3) is 10.8 Å². The first-order chi connectivity index (χ1) is 9.69. The molecule has 0 aliphatic carbocycles. The molecule has 0 saturated heterocycles. The largest absolute Gasteiger partial charge is 0.410 e. The summed E-state index contributed by atoms with van der Waals surface area (Å²) in [6.45, 7) is 4.11. The van der Waals surface area contributed by atoms with Crippen molar-refractivity contribution in [2.24, 2.45) is 0 Å².